The van der Waals surface area contributed by atoms with Crippen molar-refractivity contribution in [3.05, 3.63) is 59.0 Å². The molecule has 5 nitrogen and oxygen atoms in total. The lowest BCUT2D eigenvalue weighted by molar-refractivity contribution is -0.137. The first kappa shape index (κ1) is 19.2. The summed E-state index contributed by atoms with van der Waals surface area (Å²) in [7, 11) is 0. The van der Waals surface area contributed by atoms with Gasteiger partial charge in [-0.1, -0.05) is 23.9 Å². The molecule has 0 atom stereocenters. The Kier molecular flexibility index (Phi) is 5.36. The van der Waals surface area contributed by atoms with Gasteiger partial charge in [0.1, 0.15) is 5.82 Å². The predicted octanol–water partition coefficient (Wildman–Crippen LogP) is 3.60. The third kappa shape index (κ3) is 4.57. The average molecular weight is 398 g/mol. The Balaban J connectivity index is 1.62. The van der Waals surface area contributed by atoms with Crippen LogP contribution in [0.5, 0.6) is 0 Å². The van der Waals surface area contributed by atoms with Crippen LogP contribution in [0.25, 0.3) is 5.65 Å². The number of carbonyl (C=O) groups excluding carboxylic acids is 1. The fraction of sp³-hybridized carbons (Fsp3) is 0.235. The minimum absolute atomic E-state index is 0.0641. The van der Waals surface area contributed by atoms with Crippen LogP contribution in [-0.4, -0.2) is 26.3 Å². The summed E-state index contributed by atoms with van der Waals surface area (Å²) in [5.41, 5.74) is 0.542. The Morgan fingerprint density at radius 2 is 2.00 bits per heavy atom. The highest BCUT2D eigenvalue weighted by molar-refractivity contribution is 7.99. The van der Waals surface area contributed by atoms with E-state index in [9.17, 15) is 22.4 Å². The van der Waals surface area contributed by atoms with Crippen molar-refractivity contribution in [3.63, 3.8) is 0 Å². The number of aryl methyl sites for hydroxylation is 1. The van der Waals surface area contributed by atoms with E-state index in [2.05, 4.69) is 15.5 Å². The Morgan fingerprint density at radius 3 is 2.70 bits per heavy atom. The van der Waals surface area contributed by atoms with E-state index < -0.39 is 11.7 Å². The molecule has 27 heavy (non-hydrogen) atoms. The second-order valence-electron chi connectivity index (χ2n) is 5.78. The molecule has 0 spiro atoms. The second-order valence-corrected chi connectivity index (χ2v) is 6.72. The van der Waals surface area contributed by atoms with E-state index in [1.165, 1.54) is 16.5 Å². The number of amides is 1. The zero-order valence-electron chi connectivity index (χ0n) is 14.0. The Morgan fingerprint density at radius 1 is 1.22 bits per heavy atom. The standard InChI is InChI=1S/C17H14F4N4OS/c1-10-2-3-11(6-13(10)18)7-22-15(26)9-27-16-24-23-14-5-4-12(8-25(14)16)17(19,20)21/h2-6,8H,7,9H2,1H3,(H,22,26). The summed E-state index contributed by atoms with van der Waals surface area (Å²) in [6.07, 6.45) is -3.59. The maximum atomic E-state index is 13.5. The van der Waals surface area contributed by atoms with E-state index in [-0.39, 0.29) is 34.8 Å². The molecule has 1 N–H and O–H groups in total. The van der Waals surface area contributed by atoms with Crippen molar-refractivity contribution in [2.75, 3.05) is 5.75 Å². The van der Waals surface area contributed by atoms with Gasteiger partial charge in [0.25, 0.3) is 0 Å². The smallest absolute Gasteiger partial charge is 0.351 e. The zero-order chi connectivity index (χ0) is 19.6. The van der Waals surface area contributed by atoms with Gasteiger partial charge in [0, 0.05) is 12.7 Å². The molecule has 2 aromatic heterocycles. The summed E-state index contributed by atoms with van der Waals surface area (Å²) >= 11 is 0.961. The molecule has 0 saturated heterocycles. The van der Waals surface area contributed by atoms with Crippen LogP contribution in [0.2, 0.25) is 0 Å². The van der Waals surface area contributed by atoms with Crippen LogP contribution in [0.3, 0.4) is 0 Å². The maximum absolute atomic E-state index is 13.5. The van der Waals surface area contributed by atoms with E-state index in [4.69, 9.17) is 0 Å². The number of alkyl halides is 3. The fourth-order valence-electron chi connectivity index (χ4n) is 2.26. The van der Waals surface area contributed by atoms with Crippen molar-refractivity contribution >= 4 is 23.3 Å². The van der Waals surface area contributed by atoms with Crippen LogP contribution in [0, 0.1) is 12.7 Å². The van der Waals surface area contributed by atoms with Gasteiger partial charge < -0.3 is 5.32 Å². The largest absolute Gasteiger partial charge is 0.417 e. The Labute approximate surface area is 155 Å². The third-order valence-corrected chi connectivity index (χ3v) is 4.70. The first-order chi connectivity index (χ1) is 12.7. The van der Waals surface area contributed by atoms with Crippen LogP contribution >= 0.6 is 11.8 Å². The second kappa shape index (κ2) is 7.55. The van der Waals surface area contributed by atoms with Crippen molar-refractivity contribution < 1.29 is 22.4 Å². The summed E-state index contributed by atoms with van der Waals surface area (Å²) in [5, 5.41) is 10.4. The highest BCUT2D eigenvalue weighted by Crippen LogP contribution is 2.30. The zero-order valence-corrected chi connectivity index (χ0v) is 14.9. The minimum atomic E-state index is -4.49. The molecule has 2 heterocycles. The Bertz CT molecular complexity index is 987. The molecule has 0 saturated carbocycles. The van der Waals surface area contributed by atoms with Gasteiger partial charge in [-0.05, 0) is 36.2 Å². The summed E-state index contributed by atoms with van der Waals surface area (Å²) in [5.74, 6) is -0.776. The SMILES string of the molecule is Cc1ccc(CNC(=O)CSc2nnc3ccc(C(F)(F)F)cn23)cc1F. The maximum Gasteiger partial charge on any atom is 0.417 e. The van der Waals surface area contributed by atoms with Crippen LogP contribution < -0.4 is 5.32 Å². The molecule has 3 aromatic rings. The number of nitrogens with one attached hydrogen (secondary N) is 1. The molecule has 10 heteroatoms. The molecule has 0 bridgehead atoms. The number of rotatable bonds is 5. The van der Waals surface area contributed by atoms with Crippen LogP contribution in [0.4, 0.5) is 17.6 Å². The van der Waals surface area contributed by atoms with Gasteiger partial charge in [0.05, 0.1) is 11.3 Å². The van der Waals surface area contributed by atoms with Crippen molar-refractivity contribution in [2.45, 2.75) is 24.8 Å². The Hall–Kier alpha value is -2.62. The molecule has 0 unspecified atom stereocenters. The average Bonchev–Trinajstić information content (AvgIpc) is 3.02. The summed E-state index contributed by atoms with van der Waals surface area (Å²) < 4.78 is 53.2. The van der Waals surface area contributed by atoms with Crippen molar-refractivity contribution in [2.24, 2.45) is 0 Å². The van der Waals surface area contributed by atoms with E-state index in [0.717, 1.165) is 24.0 Å². The number of carbonyl (C=O) groups is 1. The summed E-state index contributed by atoms with van der Waals surface area (Å²) in [4.78, 5) is 12.0. The molecule has 0 aliphatic heterocycles. The highest BCUT2D eigenvalue weighted by atomic mass is 32.2. The normalized spacial score (nSPS) is 11.7. The monoisotopic (exact) mass is 398 g/mol. The number of hydrogen-bond donors (Lipinski definition) is 1. The summed E-state index contributed by atoms with van der Waals surface area (Å²) in [6.45, 7) is 1.79. The number of halogens is 4. The first-order valence-electron chi connectivity index (χ1n) is 7.80. The lowest BCUT2D eigenvalue weighted by Crippen LogP contribution is -2.24. The molecule has 1 amide bonds. The van der Waals surface area contributed by atoms with Gasteiger partial charge in [-0.2, -0.15) is 13.2 Å². The number of benzene rings is 1. The van der Waals surface area contributed by atoms with E-state index >= 15 is 0 Å². The van der Waals surface area contributed by atoms with Gasteiger partial charge in [-0.15, -0.1) is 10.2 Å². The number of aromatic nitrogens is 3. The van der Waals surface area contributed by atoms with Gasteiger partial charge in [0.15, 0.2) is 10.8 Å². The number of fused-ring (bicyclic) bond motifs is 1. The first-order valence-corrected chi connectivity index (χ1v) is 8.79. The van der Waals surface area contributed by atoms with E-state index in [1.807, 2.05) is 0 Å². The van der Waals surface area contributed by atoms with Crippen LogP contribution in [0.15, 0.2) is 41.7 Å². The molecule has 0 fully saturated rings. The van der Waals surface area contributed by atoms with Gasteiger partial charge in [-0.3, -0.25) is 9.20 Å². The number of nitrogens with zero attached hydrogens (tertiary/aromatic N) is 3. The van der Waals surface area contributed by atoms with E-state index in [0.29, 0.717) is 11.1 Å². The van der Waals surface area contributed by atoms with Crippen molar-refractivity contribution in [3.8, 4) is 0 Å². The molecule has 142 valence electrons. The van der Waals surface area contributed by atoms with Gasteiger partial charge >= 0.3 is 6.18 Å². The minimum Gasteiger partial charge on any atom is -0.351 e. The third-order valence-electron chi connectivity index (χ3n) is 3.76. The summed E-state index contributed by atoms with van der Waals surface area (Å²) in [6, 6.07) is 6.80. The van der Waals surface area contributed by atoms with Crippen molar-refractivity contribution in [1.29, 1.82) is 0 Å². The van der Waals surface area contributed by atoms with Crippen LogP contribution in [-0.2, 0) is 17.5 Å². The molecule has 3 rings (SSSR count). The topological polar surface area (TPSA) is 59.3 Å². The number of hydrogen-bond acceptors (Lipinski definition) is 4. The van der Waals surface area contributed by atoms with Gasteiger partial charge in [0.2, 0.25) is 5.91 Å². The highest BCUT2D eigenvalue weighted by Gasteiger charge is 2.31. The predicted molar refractivity (Wildman–Crippen MR) is 91.7 cm³/mol. The number of thioether (sulfide) groups is 1. The van der Waals surface area contributed by atoms with Crippen molar-refractivity contribution in [1.82, 2.24) is 19.9 Å². The quantitative estimate of drug-likeness (QED) is 0.527. The molecule has 0 radical (unpaired) electrons. The molecule has 0 aliphatic carbocycles. The number of pyridine rings is 1. The lowest BCUT2D eigenvalue weighted by atomic mass is 10.1. The fourth-order valence-corrected chi connectivity index (χ4v) is 3.01. The molecular weight excluding hydrogens is 384 g/mol. The van der Waals surface area contributed by atoms with E-state index in [1.54, 1.807) is 19.1 Å². The molecular formula is C17H14F4N4OS. The lowest BCUT2D eigenvalue weighted by Gasteiger charge is -2.08. The molecule has 0 aliphatic rings. The van der Waals surface area contributed by atoms with Crippen LogP contribution in [0.1, 0.15) is 16.7 Å². The molecule has 1 aromatic carbocycles. The van der Waals surface area contributed by atoms with Gasteiger partial charge in [-0.25, -0.2) is 4.39 Å².